The second kappa shape index (κ2) is 9.51. The lowest BCUT2D eigenvalue weighted by Gasteiger charge is -2.27. The van der Waals surface area contributed by atoms with Crippen LogP contribution >= 0.6 is 0 Å². The molecule has 4 amide bonds. The molecule has 32 heavy (non-hydrogen) atoms. The third-order valence-electron chi connectivity index (χ3n) is 5.91. The first-order valence-corrected chi connectivity index (χ1v) is 11.0. The van der Waals surface area contributed by atoms with Crippen LogP contribution in [0.3, 0.4) is 0 Å². The van der Waals surface area contributed by atoms with Crippen molar-refractivity contribution in [3.05, 3.63) is 65.0 Å². The molecule has 0 bridgehead atoms. The van der Waals surface area contributed by atoms with Gasteiger partial charge < -0.3 is 10.6 Å². The maximum Gasteiger partial charge on any atom is 0.325 e. The molecule has 1 fully saturated rings. The molecular formula is C25H30FN3O3. The standard InChI is InChI=1S/C25H30FN3O3/c1-5-6-14-25(18-10-12-19(26)13-11-18)23(31)29(24(32)28-25)15-21(30)27-22-17(4)8-7-9-20(22)16(2)3/h7-13,16H,5-6,14-15H2,1-4H3,(H,27,30)(H,28,32). The molecule has 6 nitrogen and oxygen atoms in total. The third-order valence-corrected chi connectivity index (χ3v) is 5.91. The molecular weight excluding hydrogens is 409 g/mol. The predicted molar refractivity (Wildman–Crippen MR) is 122 cm³/mol. The molecule has 7 heteroatoms. The van der Waals surface area contributed by atoms with Crippen molar-refractivity contribution in [3.63, 3.8) is 0 Å². The Morgan fingerprint density at radius 3 is 2.47 bits per heavy atom. The number of unbranched alkanes of at least 4 members (excludes halogenated alkanes) is 1. The summed E-state index contributed by atoms with van der Waals surface area (Å²) in [5.41, 5.74) is 1.81. The molecule has 2 aromatic rings. The van der Waals surface area contributed by atoms with E-state index in [1.165, 1.54) is 24.3 Å². The Bertz CT molecular complexity index is 1020. The van der Waals surface area contributed by atoms with Gasteiger partial charge in [-0.2, -0.15) is 0 Å². The fraction of sp³-hybridized carbons (Fsp3) is 0.400. The van der Waals surface area contributed by atoms with Crippen molar-refractivity contribution >= 4 is 23.5 Å². The van der Waals surface area contributed by atoms with E-state index in [2.05, 4.69) is 10.6 Å². The third kappa shape index (κ3) is 4.52. The molecule has 0 aromatic heterocycles. The quantitative estimate of drug-likeness (QED) is 0.578. The second-order valence-electron chi connectivity index (χ2n) is 8.58. The van der Waals surface area contributed by atoms with Gasteiger partial charge >= 0.3 is 6.03 Å². The average molecular weight is 440 g/mol. The predicted octanol–water partition coefficient (Wildman–Crippen LogP) is 4.83. The molecule has 1 saturated heterocycles. The minimum atomic E-state index is -1.30. The fourth-order valence-corrected chi connectivity index (χ4v) is 4.12. The van der Waals surface area contributed by atoms with Crippen LogP contribution in [0.1, 0.15) is 62.6 Å². The number of hydrogen-bond acceptors (Lipinski definition) is 3. The van der Waals surface area contributed by atoms with Crippen molar-refractivity contribution in [2.75, 3.05) is 11.9 Å². The number of amides is 4. The molecule has 1 unspecified atom stereocenters. The van der Waals surface area contributed by atoms with Crippen molar-refractivity contribution in [1.82, 2.24) is 10.2 Å². The van der Waals surface area contributed by atoms with Crippen LogP contribution in [0.15, 0.2) is 42.5 Å². The highest BCUT2D eigenvalue weighted by atomic mass is 19.1. The van der Waals surface area contributed by atoms with Crippen LogP contribution in [-0.2, 0) is 15.1 Å². The lowest BCUT2D eigenvalue weighted by molar-refractivity contribution is -0.134. The van der Waals surface area contributed by atoms with Crippen LogP contribution < -0.4 is 10.6 Å². The lowest BCUT2D eigenvalue weighted by Crippen LogP contribution is -2.44. The van der Waals surface area contributed by atoms with Gasteiger partial charge in [-0.15, -0.1) is 0 Å². The van der Waals surface area contributed by atoms with Crippen molar-refractivity contribution in [2.45, 2.75) is 58.4 Å². The van der Waals surface area contributed by atoms with Crippen LogP contribution in [0.2, 0.25) is 0 Å². The minimum absolute atomic E-state index is 0.196. The summed E-state index contributed by atoms with van der Waals surface area (Å²) in [7, 11) is 0. The number of benzene rings is 2. The highest BCUT2D eigenvalue weighted by molar-refractivity contribution is 6.10. The maximum absolute atomic E-state index is 13.5. The van der Waals surface area contributed by atoms with Gasteiger partial charge in [0, 0.05) is 5.69 Å². The zero-order valence-corrected chi connectivity index (χ0v) is 19.0. The molecule has 1 aliphatic heterocycles. The van der Waals surface area contributed by atoms with E-state index < -0.39 is 35.7 Å². The topological polar surface area (TPSA) is 78.5 Å². The van der Waals surface area contributed by atoms with Crippen LogP contribution in [0.5, 0.6) is 0 Å². The lowest BCUT2D eigenvalue weighted by atomic mass is 9.85. The van der Waals surface area contributed by atoms with E-state index in [4.69, 9.17) is 0 Å². The molecule has 170 valence electrons. The van der Waals surface area contributed by atoms with E-state index in [0.29, 0.717) is 24.1 Å². The number of carbonyl (C=O) groups excluding carboxylic acids is 3. The van der Waals surface area contributed by atoms with Crippen LogP contribution in [-0.4, -0.2) is 29.3 Å². The zero-order chi connectivity index (χ0) is 23.5. The van der Waals surface area contributed by atoms with Crippen LogP contribution in [0.25, 0.3) is 0 Å². The summed E-state index contributed by atoms with van der Waals surface area (Å²) in [5.74, 6) is -1.17. The van der Waals surface area contributed by atoms with E-state index in [0.717, 1.165) is 22.4 Å². The molecule has 1 atom stereocenters. The summed E-state index contributed by atoms with van der Waals surface area (Å²) >= 11 is 0. The van der Waals surface area contributed by atoms with E-state index >= 15 is 0 Å². The molecule has 0 aliphatic carbocycles. The van der Waals surface area contributed by atoms with Crippen molar-refractivity contribution in [2.24, 2.45) is 0 Å². The molecule has 0 spiro atoms. The number of halogens is 1. The molecule has 0 radical (unpaired) electrons. The molecule has 1 heterocycles. The summed E-state index contributed by atoms with van der Waals surface area (Å²) in [5, 5.41) is 5.67. The fourth-order valence-electron chi connectivity index (χ4n) is 4.12. The number of para-hydroxylation sites is 1. The molecule has 1 aliphatic rings. The van der Waals surface area contributed by atoms with Crippen LogP contribution in [0.4, 0.5) is 14.9 Å². The number of imide groups is 1. The highest BCUT2D eigenvalue weighted by Crippen LogP contribution is 2.34. The van der Waals surface area contributed by atoms with Crippen molar-refractivity contribution in [1.29, 1.82) is 0 Å². The summed E-state index contributed by atoms with van der Waals surface area (Å²) in [6.45, 7) is 7.56. The van der Waals surface area contributed by atoms with Crippen LogP contribution in [0, 0.1) is 12.7 Å². The van der Waals surface area contributed by atoms with Gasteiger partial charge in [-0.05, 0) is 48.1 Å². The first kappa shape index (κ1) is 23.4. The summed E-state index contributed by atoms with van der Waals surface area (Å²) in [4.78, 5) is 40.0. The Morgan fingerprint density at radius 2 is 1.84 bits per heavy atom. The van der Waals surface area contributed by atoms with Gasteiger partial charge in [-0.3, -0.25) is 14.5 Å². The number of urea groups is 1. The van der Waals surface area contributed by atoms with Gasteiger partial charge in [0.15, 0.2) is 0 Å². The van der Waals surface area contributed by atoms with Gasteiger partial charge in [-0.25, -0.2) is 9.18 Å². The molecule has 3 rings (SSSR count). The Labute approximate surface area is 188 Å². The number of nitrogens with one attached hydrogen (secondary N) is 2. The monoisotopic (exact) mass is 439 g/mol. The molecule has 2 N–H and O–H groups in total. The van der Waals surface area contributed by atoms with Gasteiger partial charge in [-0.1, -0.05) is 63.9 Å². The van der Waals surface area contributed by atoms with Gasteiger partial charge in [0.1, 0.15) is 17.9 Å². The number of rotatable bonds is 8. The molecule has 2 aromatic carbocycles. The van der Waals surface area contributed by atoms with Gasteiger partial charge in [0.05, 0.1) is 0 Å². The van der Waals surface area contributed by atoms with Gasteiger partial charge in [0.2, 0.25) is 5.91 Å². The van der Waals surface area contributed by atoms with Gasteiger partial charge in [0.25, 0.3) is 5.91 Å². The number of anilines is 1. The van der Waals surface area contributed by atoms with E-state index in [1.807, 2.05) is 45.9 Å². The minimum Gasteiger partial charge on any atom is -0.324 e. The summed E-state index contributed by atoms with van der Waals surface area (Å²) < 4.78 is 13.5. The van der Waals surface area contributed by atoms with E-state index in [1.54, 1.807) is 0 Å². The average Bonchev–Trinajstić information content (AvgIpc) is 2.99. The number of aryl methyl sites for hydroxylation is 1. The first-order chi connectivity index (χ1) is 15.2. The number of nitrogens with zero attached hydrogens (tertiary/aromatic N) is 1. The van der Waals surface area contributed by atoms with Crippen molar-refractivity contribution in [3.8, 4) is 0 Å². The first-order valence-electron chi connectivity index (χ1n) is 11.0. The summed E-state index contributed by atoms with van der Waals surface area (Å²) in [6, 6.07) is 10.7. The second-order valence-corrected chi connectivity index (χ2v) is 8.58. The zero-order valence-electron chi connectivity index (χ0n) is 19.0. The van der Waals surface area contributed by atoms with E-state index in [9.17, 15) is 18.8 Å². The normalized spacial score (nSPS) is 18.2. The number of carbonyl (C=O) groups is 3. The Balaban J connectivity index is 1.85. The number of hydrogen-bond donors (Lipinski definition) is 2. The smallest absolute Gasteiger partial charge is 0.324 e. The Hall–Kier alpha value is -3.22. The maximum atomic E-state index is 13.5. The highest BCUT2D eigenvalue weighted by Gasteiger charge is 2.52. The molecule has 0 saturated carbocycles. The largest absolute Gasteiger partial charge is 0.325 e. The Morgan fingerprint density at radius 1 is 1.16 bits per heavy atom. The van der Waals surface area contributed by atoms with Crippen molar-refractivity contribution < 1.29 is 18.8 Å². The Kier molecular flexibility index (Phi) is 6.96. The SMILES string of the molecule is CCCCC1(c2ccc(F)cc2)NC(=O)N(CC(=O)Nc2c(C)cccc2C(C)C)C1=O. The summed E-state index contributed by atoms with van der Waals surface area (Å²) in [6.07, 6.45) is 1.87. The van der Waals surface area contributed by atoms with E-state index in [-0.39, 0.29) is 5.92 Å².